The Morgan fingerprint density at radius 3 is 2.63 bits per heavy atom. The normalized spacial score (nSPS) is 10.4. The van der Waals surface area contributed by atoms with Crippen molar-refractivity contribution in [3.05, 3.63) is 55.6 Å². The molecule has 0 unspecified atom stereocenters. The Labute approximate surface area is 112 Å². The van der Waals surface area contributed by atoms with Crippen LogP contribution in [0.3, 0.4) is 0 Å². The molecule has 98 valence electrons. The van der Waals surface area contributed by atoms with Crippen LogP contribution in [-0.2, 0) is 6.42 Å². The summed E-state index contributed by atoms with van der Waals surface area (Å²) in [5.41, 5.74) is -0.417. The minimum atomic E-state index is -1.34. The fourth-order valence-corrected chi connectivity index (χ4v) is 2.43. The SMILES string of the molecule is CCc1[nH]c(=O)c(C(=O)O)cc1C(=O)c1cccs1. The van der Waals surface area contributed by atoms with Crippen molar-refractivity contribution in [2.24, 2.45) is 0 Å². The van der Waals surface area contributed by atoms with Crippen molar-refractivity contribution in [2.75, 3.05) is 0 Å². The number of nitrogens with one attached hydrogen (secondary N) is 1. The van der Waals surface area contributed by atoms with E-state index in [0.717, 1.165) is 6.07 Å². The lowest BCUT2D eigenvalue weighted by Gasteiger charge is -2.06. The number of carbonyl (C=O) groups excluding carboxylic acids is 1. The first-order valence-electron chi connectivity index (χ1n) is 5.62. The number of aromatic nitrogens is 1. The molecule has 0 bridgehead atoms. The van der Waals surface area contributed by atoms with Crippen LogP contribution in [0.15, 0.2) is 28.4 Å². The molecule has 2 aromatic heterocycles. The molecule has 5 nitrogen and oxygen atoms in total. The molecule has 0 aliphatic heterocycles. The monoisotopic (exact) mass is 277 g/mol. The minimum absolute atomic E-state index is 0.238. The molecule has 2 N–H and O–H groups in total. The van der Waals surface area contributed by atoms with Crippen LogP contribution in [0.5, 0.6) is 0 Å². The van der Waals surface area contributed by atoms with Gasteiger partial charge in [0.05, 0.1) is 4.88 Å². The predicted molar refractivity (Wildman–Crippen MR) is 71.2 cm³/mol. The van der Waals surface area contributed by atoms with Crippen LogP contribution in [-0.4, -0.2) is 21.8 Å². The molecule has 6 heteroatoms. The van der Waals surface area contributed by atoms with E-state index in [0.29, 0.717) is 17.0 Å². The summed E-state index contributed by atoms with van der Waals surface area (Å²) < 4.78 is 0. The lowest BCUT2D eigenvalue weighted by atomic mass is 10.0. The number of carboxylic acid groups (broad SMARTS) is 1. The molecule has 0 fully saturated rings. The summed E-state index contributed by atoms with van der Waals surface area (Å²) in [6, 6.07) is 4.56. The lowest BCUT2D eigenvalue weighted by Crippen LogP contribution is -2.22. The van der Waals surface area contributed by atoms with Crippen LogP contribution in [0.1, 0.15) is 38.2 Å². The number of hydrogen-bond donors (Lipinski definition) is 2. The number of aryl methyl sites for hydroxylation is 1. The van der Waals surface area contributed by atoms with Gasteiger partial charge in [0.2, 0.25) is 5.78 Å². The number of ketones is 1. The fourth-order valence-electron chi connectivity index (χ4n) is 1.75. The van der Waals surface area contributed by atoms with Crippen molar-refractivity contribution < 1.29 is 14.7 Å². The van der Waals surface area contributed by atoms with E-state index >= 15 is 0 Å². The Morgan fingerprint density at radius 1 is 1.37 bits per heavy atom. The highest BCUT2D eigenvalue weighted by atomic mass is 32.1. The highest BCUT2D eigenvalue weighted by molar-refractivity contribution is 7.12. The molecule has 2 aromatic rings. The molecular formula is C13H11NO4S. The van der Waals surface area contributed by atoms with Gasteiger partial charge in [-0.1, -0.05) is 13.0 Å². The number of pyridine rings is 1. The van der Waals surface area contributed by atoms with E-state index in [2.05, 4.69) is 4.98 Å². The number of carbonyl (C=O) groups is 2. The van der Waals surface area contributed by atoms with Gasteiger partial charge in [-0.15, -0.1) is 11.3 Å². The van der Waals surface area contributed by atoms with Gasteiger partial charge in [-0.25, -0.2) is 4.79 Å². The molecule has 0 amide bonds. The minimum Gasteiger partial charge on any atom is -0.477 e. The quantitative estimate of drug-likeness (QED) is 0.836. The smallest absolute Gasteiger partial charge is 0.341 e. The summed E-state index contributed by atoms with van der Waals surface area (Å²) in [5, 5.41) is 10.7. The molecule has 19 heavy (non-hydrogen) atoms. The second kappa shape index (κ2) is 5.19. The van der Waals surface area contributed by atoms with Gasteiger partial charge < -0.3 is 10.1 Å². The summed E-state index contributed by atoms with van der Waals surface area (Å²) in [6.45, 7) is 1.79. The number of thiophene rings is 1. The molecule has 0 aliphatic carbocycles. The van der Waals surface area contributed by atoms with Gasteiger partial charge in [0, 0.05) is 11.3 Å². The van der Waals surface area contributed by atoms with E-state index in [1.165, 1.54) is 11.3 Å². The number of H-pyrrole nitrogens is 1. The summed E-state index contributed by atoms with van der Waals surface area (Å²) in [5.74, 6) is -1.62. The summed E-state index contributed by atoms with van der Waals surface area (Å²) in [4.78, 5) is 37.8. The zero-order valence-electron chi connectivity index (χ0n) is 10.1. The van der Waals surface area contributed by atoms with Crippen molar-refractivity contribution in [3.8, 4) is 0 Å². The Hall–Kier alpha value is -2.21. The standard InChI is InChI=1S/C13H11NO4S/c1-2-9-7(11(15)10-4-3-5-19-10)6-8(13(17)18)12(16)14-9/h3-6H,2H2,1H3,(H,14,16)(H,17,18). The van der Waals surface area contributed by atoms with Crippen LogP contribution in [0.25, 0.3) is 0 Å². The van der Waals surface area contributed by atoms with Gasteiger partial charge in [-0.05, 0) is 23.9 Å². The summed E-state index contributed by atoms with van der Waals surface area (Å²) >= 11 is 1.27. The second-order valence-electron chi connectivity index (χ2n) is 3.87. The van der Waals surface area contributed by atoms with Crippen molar-refractivity contribution in [2.45, 2.75) is 13.3 Å². The molecule has 2 heterocycles. The number of aromatic amines is 1. The van der Waals surface area contributed by atoms with E-state index in [4.69, 9.17) is 5.11 Å². The van der Waals surface area contributed by atoms with Crippen LogP contribution in [0.4, 0.5) is 0 Å². The third-order valence-corrected chi connectivity index (χ3v) is 3.57. The molecular weight excluding hydrogens is 266 g/mol. The van der Waals surface area contributed by atoms with Crippen LogP contribution in [0.2, 0.25) is 0 Å². The predicted octanol–water partition coefficient (Wildman–Crippen LogP) is 1.93. The van der Waals surface area contributed by atoms with Crippen molar-refractivity contribution in [1.82, 2.24) is 4.98 Å². The molecule has 0 saturated heterocycles. The van der Waals surface area contributed by atoms with E-state index in [-0.39, 0.29) is 11.3 Å². The Balaban J connectivity index is 2.61. The van der Waals surface area contributed by atoms with Gasteiger partial charge in [-0.3, -0.25) is 9.59 Å². The summed E-state index contributed by atoms with van der Waals surface area (Å²) in [6.07, 6.45) is 0.446. The first-order chi connectivity index (χ1) is 9.04. The molecule has 2 rings (SSSR count). The van der Waals surface area contributed by atoms with Crippen LogP contribution in [0, 0.1) is 0 Å². The van der Waals surface area contributed by atoms with E-state index in [1.54, 1.807) is 24.4 Å². The Bertz CT molecular complexity index is 685. The van der Waals surface area contributed by atoms with Gasteiger partial charge in [0.25, 0.3) is 5.56 Å². The van der Waals surface area contributed by atoms with Crippen LogP contribution >= 0.6 is 11.3 Å². The molecule has 0 aliphatic rings. The molecule has 0 saturated carbocycles. The number of carboxylic acids is 1. The van der Waals surface area contributed by atoms with Gasteiger partial charge >= 0.3 is 5.97 Å². The average Bonchev–Trinajstić information content (AvgIpc) is 2.90. The maximum absolute atomic E-state index is 12.3. The van der Waals surface area contributed by atoms with Crippen molar-refractivity contribution in [3.63, 3.8) is 0 Å². The van der Waals surface area contributed by atoms with E-state index < -0.39 is 17.1 Å². The molecule has 0 spiro atoms. The average molecular weight is 277 g/mol. The second-order valence-corrected chi connectivity index (χ2v) is 4.82. The van der Waals surface area contributed by atoms with Crippen molar-refractivity contribution >= 4 is 23.1 Å². The molecule has 0 aromatic carbocycles. The van der Waals surface area contributed by atoms with Gasteiger partial charge in [-0.2, -0.15) is 0 Å². The van der Waals surface area contributed by atoms with E-state index in [9.17, 15) is 14.4 Å². The lowest BCUT2D eigenvalue weighted by molar-refractivity contribution is 0.0695. The van der Waals surface area contributed by atoms with Crippen LogP contribution < -0.4 is 5.56 Å². The Kier molecular flexibility index (Phi) is 3.62. The fraction of sp³-hybridized carbons (Fsp3) is 0.154. The number of rotatable bonds is 4. The molecule has 0 atom stereocenters. The highest BCUT2D eigenvalue weighted by Gasteiger charge is 2.19. The first kappa shape index (κ1) is 13.2. The molecule has 0 radical (unpaired) electrons. The third kappa shape index (κ3) is 2.48. The Morgan fingerprint density at radius 2 is 2.11 bits per heavy atom. The zero-order chi connectivity index (χ0) is 14.0. The summed E-state index contributed by atoms with van der Waals surface area (Å²) in [7, 11) is 0. The zero-order valence-corrected chi connectivity index (χ0v) is 10.9. The number of aromatic carboxylic acids is 1. The maximum atomic E-state index is 12.3. The third-order valence-electron chi connectivity index (χ3n) is 2.70. The van der Waals surface area contributed by atoms with Gasteiger partial charge in [0.1, 0.15) is 5.56 Å². The van der Waals surface area contributed by atoms with E-state index in [1.807, 2.05) is 0 Å². The highest BCUT2D eigenvalue weighted by Crippen LogP contribution is 2.17. The van der Waals surface area contributed by atoms with Gasteiger partial charge in [0.15, 0.2) is 0 Å². The largest absolute Gasteiger partial charge is 0.477 e. The number of hydrogen-bond acceptors (Lipinski definition) is 4. The first-order valence-corrected chi connectivity index (χ1v) is 6.50. The topological polar surface area (TPSA) is 87.2 Å². The maximum Gasteiger partial charge on any atom is 0.341 e. The van der Waals surface area contributed by atoms with Crippen molar-refractivity contribution in [1.29, 1.82) is 0 Å².